The summed E-state index contributed by atoms with van der Waals surface area (Å²) >= 11 is 0. The molecule has 0 saturated carbocycles. The molecule has 1 saturated heterocycles. The van der Waals surface area contributed by atoms with Crippen LogP contribution < -0.4 is 0 Å². The SMILES string of the molecule is Cc1cccc([N+](=O)[O-])c1C(=O)N1CC(C)CC(C(=O)O)C1. The number of amides is 1. The number of carboxylic acid groups (broad SMARTS) is 1. The lowest BCUT2D eigenvalue weighted by atomic mass is 9.90. The van der Waals surface area contributed by atoms with E-state index in [-0.39, 0.29) is 23.7 Å². The van der Waals surface area contributed by atoms with Gasteiger partial charge in [0.05, 0.1) is 10.8 Å². The minimum Gasteiger partial charge on any atom is -0.481 e. The van der Waals surface area contributed by atoms with Crippen LogP contribution >= 0.6 is 0 Å². The van der Waals surface area contributed by atoms with Crippen LogP contribution in [0.3, 0.4) is 0 Å². The number of hydrogen-bond acceptors (Lipinski definition) is 4. The fraction of sp³-hybridized carbons (Fsp3) is 0.467. The first-order valence-electron chi connectivity index (χ1n) is 7.07. The summed E-state index contributed by atoms with van der Waals surface area (Å²) in [7, 11) is 0. The molecule has 0 aliphatic carbocycles. The van der Waals surface area contributed by atoms with E-state index in [0.29, 0.717) is 18.5 Å². The van der Waals surface area contributed by atoms with Crippen LogP contribution in [-0.4, -0.2) is 39.9 Å². The van der Waals surface area contributed by atoms with E-state index < -0.39 is 22.7 Å². The highest BCUT2D eigenvalue weighted by molar-refractivity contribution is 5.99. The van der Waals surface area contributed by atoms with Crippen molar-refractivity contribution in [1.29, 1.82) is 0 Å². The molecular formula is C15H18N2O5. The first-order chi connectivity index (χ1) is 10.3. The number of rotatable bonds is 3. The van der Waals surface area contributed by atoms with E-state index in [1.165, 1.54) is 17.0 Å². The van der Waals surface area contributed by atoms with Crippen molar-refractivity contribution in [3.8, 4) is 0 Å². The predicted octanol–water partition coefficient (Wildman–Crippen LogP) is 2.09. The smallest absolute Gasteiger partial charge is 0.308 e. The van der Waals surface area contributed by atoms with Crippen molar-refractivity contribution in [2.24, 2.45) is 11.8 Å². The van der Waals surface area contributed by atoms with Crippen molar-refractivity contribution < 1.29 is 19.6 Å². The quantitative estimate of drug-likeness (QED) is 0.680. The molecule has 1 heterocycles. The standard InChI is InChI=1S/C15H18N2O5/c1-9-6-11(15(19)20)8-16(7-9)14(18)13-10(2)4-3-5-12(13)17(21)22/h3-5,9,11H,6-8H2,1-2H3,(H,19,20). The number of piperidine rings is 1. The van der Waals surface area contributed by atoms with Crippen LogP contribution in [0.4, 0.5) is 5.69 Å². The average molecular weight is 306 g/mol. The van der Waals surface area contributed by atoms with Crippen LogP contribution in [0, 0.1) is 28.9 Å². The molecule has 1 N–H and O–H groups in total. The van der Waals surface area contributed by atoms with Gasteiger partial charge in [0.25, 0.3) is 11.6 Å². The first kappa shape index (κ1) is 15.9. The Labute approximate surface area is 127 Å². The highest BCUT2D eigenvalue weighted by atomic mass is 16.6. The molecule has 0 bridgehead atoms. The molecule has 7 heteroatoms. The van der Waals surface area contributed by atoms with Crippen molar-refractivity contribution in [1.82, 2.24) is 4.90 Å². The van der Waals surface area contributed by atoms with E-state index in [2.05, 4.69) is 0 Å². The van der Waals surface area contributed by atoms with Gasteiger partial charge >= 0.3 is 5.97 Å². The van der Waals surface area contributed by atoms with Crippen LogP contribution in [-0.2, 0) is 4.79 Å². The largest absolute Gasteiger partial charge is 0.481 e. The summed E-state index contributed by atoms with van der Waals surface area (Å²) in [6.45, 7) is 4.02. The van der Waals surface area contributed by atoms with E-state index in [9.17, 15) is 24.8 Å². The molecule has 1 aliphatic rings. The number of likely N-dealkylation sites (tertiary alicyclic amines) is 1. The number of carbonyl (C=O) groups is 2. The number of aliphatic carboxylic acids is 1. The van der Waals surface area contributed by atoms with Gasteiger partial charge in [-0.05, 0) is 24.8 Å². The normalized spacial score (nSPS) is 21.5. The minimum absolute atomic E-state index is 0.0434. The van der Waals surface area contributed by atoms with E-state index >= 15 is 0 Å². The summed E-state index contributed by atoms with van der Waals surface area (Å²) in [5.74, 6) is -2.00. The van der Waals surface area contributed by atoms with Crippen LogP contribution in [0.1, 0.15) is 29.3 Å². The van der Waals surface area contributed by atoms with Gasteiger partial charge in [-0.2, -0.15) is 0 Å². The highest BCUT2D eigenvalue weighted by Gasteiger charge is 2.34. The fourth-order valence-electron chi connectivity index (χ4n) is 2.94. The molecule has 1 amide bonds. The molecule has 0 radical (unpaired) electrons. The molecule has 2 rings (SSSR count). The third-order valence-electron chi connectivity index (χ3n) is 3.96. The molecule has 2 atom stereocenters. The van der Waals surface area contributed by atoms with E-state index in [4.69, 9.17) is 0 Å². The second-order valence-electron chi connectivity index (χ2n) is 5.81. The highest BCUT2D eigenvalue weighted by Crippen LogP contribution is 2.28. The summed E-state index contributed by atoms with van der Waals surface area (Å²) in [6.07, 6.45) is 0.509. The number of carbonyl (C=O) groups excluding carboxylic acids is 1. The lowest BCUT2D eigenvalue weighted by Gasteiger charge is -2.34. The molecule has 1 fully saturated rings. The Bertz CT molecular complexity index is 628. The zero-order valence-electron chi connectivity index (χ0n) is 12.5. The summed E-state index contributed by atoms with van der Waals surface area (Å²) in [5.41, 5.74) is 0.324. The number of nitrogens with zero attached hydrogens (tertiary/aromatic N) is 2. The Hall–Kier alpha value is -2.44. The number of aryl methyl sites for hydroxylation is 1. The molecule has 1 aromatic rings. The van der Waals surface area contributed by atoms with E-state index in [0.717, 1.165) is 0 Å². The Kier molecular flexibility index (Phi) is 4.44. The molecule has 2 unspecified atom stereocenters. The van der Waals surface area contributed by atoms with E-state index in [1.54, 1.807) is 13.0 Å². The van der Waals surface area contributed by atoms with Gasteiger partial charge in [0.2, 0.25) is 0 Å². The van der Waals surface area contributed by atoms with Gasteiger partial charge in [-0.3, -0.25) is 19.7 Å². The molecule has 7 nitrogen and oxygen atoms in total. The number of nitro benzene ring substituents is 1. The topological polar surface area (TPSA) is 101 Å². The van der Waals surface area contributed by atoms with Crippen molar-refractivity contribution in [2.45, 2.75) is 20.3 Å². The minimum atomic E-state index is -0.941. The zero-order valence-corrected chi connectivity index (χ0v) is 12.5. The lowest BCUT2D eigenvalue weighted by Crippen LogP contribution is -2.45. The maximum atomic E-state index is 12.7. The summed E-state index contributed by atoms with van der Waals surface area (Å²) in [4.78, 5) is 35.9. The van der Waals surface area contributed by atoms with Crippen LogP contribution in [0.5, 0.6) is 0 Å². The molecule has 118 valence electrons. The second kappa shape index (κ2) is 6.13. The number of benzene rings is 1. The fourth-order valence-corrected chi connectivity index (χ4v) is 2.94. The van der Waals surface area contributed by atoms with Gasteiger partial charge in [0.15, 0.2) is 0 Å². The van der Waals surface area contributed by atoms with Gasteiger partial charge in [0.1, 0.15) is 5.56 Å². The second-order valence-corrected chi connectivity index (χ2v) is 5.81. The number of nitro groups is 1. The summed E-state index contributed by atoms with van der Waals surface area (Å²) in [5, 5.41) is 20.3. The third kappa shape index (κ3) is 3.08. The number of carboxylic acids is 1. The average Bonchev–Trinajstić information content (AvgIpc) is 2.45. The predicted molar refractivity (Wildman–Crippen MR) is 78.6 cm³/mol. The van der Waals surface area contributed by atoms with E-state index in [1.807, 2.05) is 6.92 Å². The van der Waals surface area contributed by atoms with Crippen molar-refractivity contribution in [2.75, 3.05) is 13.1 Å². The first-order valence-corrected chi connectivity index (χ1v) is 7.07. The number of hydrogen-bond donors (Lipinski definition) is 1. The molecule has 1 aliphatic heterocycles. The maximum Gasteiger partial charge on any atom is 0.308 e. The van der Waals surface area contributed by atoms with Crippen molar-refractivity contribution >= 4 is 17.6 Å². The molecule has 0 spiro atoms. The van der Waals surface area contributed by atoms with Crippen molar-refractivity contribution in [3.63, 3.8) is 0 Å². The van der Waals surface area contributed by atoms with Crippen molar-refractivity contribution in [3.05, 3.63) is 39.4 Å². The molecular weight excluding hydrogens is 288 g/mol. The molecule has 22 heavy (non-hydrogen) atoms. The van der Waals surface area contributed by atoms with Gasteiger partial charge in [-0.1, -0.05) is 19.1 Å². The Morgan fingerprint density at radius 1 is 1.36 bits per heavy atom. The lowest BCUT2D eigenvalue weighted by molar-refractivity contribution is -0.385. The third-order valence-corrected chi connectivity index (χ3v) is 3.96. The summed E-state index contributed by atoms with van der Waals surface area (Å²) < 4.78 is 0. The Morgan fingerprint density at radius 3 is 2.64 bits per heavy atom. The summed E-state index contributed by atoms with van der Waals surface area (Å²) in [6, 6.07) is 4.47. The van der Waals surface area contributed by atoms with Gasteiger partial charge in [-0.25, -0.2) is 0 Å². The molecule has 1 aromatic carbocycles. The van der Waals surface area contributed by atoms with Crippen LogP contribution in [0.2, 0.25) is 0 Å². The Balaban J connectivity index is 2.35. The Morgan fingerprint density at radius 2 is 2.05 bits per heavy atom. The van der Waals surface area contributed by atoms with Gasteiger partial charge in [-0.15, -0.1) is 0 Å². The monoisotopic (exact) mass is 306 g/mol. The van der Waals surface area contributed by atoms with Gasteiger partial charge in [0, 0.05) is 19.2 Å². The molecule has 0 aromatic heterocycles. The van der Waals surface area contributed by atoms with Gasteiger partial charge < -0.3 is 10.0 Å². The van der Waals surface area contributed by atoms with Crippen LogP contribution in [0.25, 0.3) is 0 Å². The zero-order chi connectivity index (χ0) is 16.4. The van der Waals surface area contributed by atoms with Crippen LogP contribution in [0.15, 0.2) is 18.2 Å². The maximum absolute atomic E-state index is 12.7.